The van der Waals surface area contributed by atoms with Crippen molar-refractivity contribution in [2.45, 2.75) is 38.4 Å². The average molecular weight is 549 g/mol. The fourth-order valence-electron chi connectivity index (χ4n) is 4.82. The standard InChI is InChI=1S/C26H27F3N4O4S/c27-26(28,29)17-5-4-6-18(13-17)31-9-11-32(12-10-31)23(34)7-2-1-3-8-33-24(35)19-14-21-22(37-16-36-21)15-20(19)30-25(33)38/h4-6,13-15H,1-3,7-12,16H2,(H,30,38). The summed E-state index contributed by atoms with van der Waals surface area (Å²) in [4.78, 5) is 32.4. The van der Waals surface area contributed by atoms with E-state index in [1.54, 1.807) is 23.1 Å². The second-order valence-corrected chi connectivity index (χ2v) is 9.75. The Morgan fingerprint density at radius 2 is 1.74 bits per heavy atom. The maximum absolute atomic E-state index is 13.0. The van der Waals surface area contributed by atoms with Gasteiger partial charge in [-0.25, -0.2) is 0 Å². The van der Waals surface area contributed by atoms with E-state index in [0.717, 1.165) is 18.6 Å². The normalized spacial score (nSPS) is 15.3. The molecule has 1 aromatic heterocycles. The molecule has 5 rings (SSSR count). The molecule has 0 saturated carbocycles. The molecule has 0 radical (unpaired) electrons. The summed E-state index contributed by atoms with van der Waals surface area (Å²) < 4.78 is 51.6. The lowest BCUT2D eigenvalue weighted by Gasteiger charge is -2.36. The van der Waals surface area contributed by atoms with Crippen LogP contribution in [-0.2, 0) is 17.5 Å². The highest BCUT2D eigenvalue weighted by Crippen LogP contribution is 2.34. The molecule has 3 aromatic rings. The SMILES string of the molecule is O=C(CCCCCn1c(=S)[nH]c2cc3c(cc2c1=O)OCO3)N1CCN(c2cccc(C(F)(F)F)c2)CC1. The number of benzene rings is 2. The van der Waals surface area contributed by atoms with Crippen LogP contribution in [0.4, 0.5) is 18.9 Å². The Kier molecular flexibility index (Phi) is 7.33. The van der Waals surface area contributed by atoms with Crippen molar-refractivity contribution >= 4 is 34.7 Å². The van der Waals surface area contributed by atoms with E-state index in [1.807, 2.05) is 4.90 Å². The van der Waals surface area contributed by atoms with Crippen LogP contribution in [0.5, 0.6) is 11.5 Å². The molecule has 0 aliphatic carbocycles. The van der Waals surface area contributed by atoms with Crippen LogP contribution in [-0.4, -0.2) is 53.3 Å². The van der Waals surface area contributed by atoms with Crippen molar-refractivity contribution in [3.05, 3.63) is 57.1 Å². The second-order valence-electron chi connectivity index (χ2n) is 9.36. The van der Waals surface area contributed by atoms with E-state index in [9.17, 15) is 22.8 Å². The Balaban J connectivity index is 1.09. The largest absolute Gasteiger partial charge is 0.454 e. The van der Waals surface area contributed by atoms with E-state index in [2.05, 4.69) is 4.98 Å². The number of piperazine rings is 1. The highest BCUT2D eigenvalue weighted by atomic mass is 32.1. The monoisotopic (exact) mass is 548 g/mol. The fourth-order valence-corrected chi connectivity index (χ4v) is 5.10. The van der Waals surface area contributed by atoms with E-state index in [1.165, 1.54) is 10.6 Å². The van der Waals surface area contributed by atoms with Crippen molar-refractivity contribution in [3.63, 3.8) is 0 Å². The van der Waals surface area contributed by atoms with Crippen LogP contribution in [0.2, 0.25) is 0 Å². The topological polar surface area (TPSA) is 79.8 Å². The quantitative estimate of drug-likeness (QED) is 0.340. The number of rotatable bonds is 7. The number of alkyl halides is 3. The van der Waals surface area contributed by atoms with Gasteiger partial charge in [0.15, 0.2) is 16.3 Å². The first-order chi connectivity index (χ1) is 18.2. The van der Waals surface area contributed by atoms with Crippen molar-refractivity contribution in [1.82, 2.24) is 14.5 Å². The number of fused-ring (bicyclic) bond motifs is 2. The number of halogens is 3. The van der Waals surface area contributed by atoms with Gasteiger partial charge in [-0.15, -0.1) is 0 Å². The number of hydrogen-bond acceptors (Lipinski definition) is 6. The first-order valence-electron chi connectivity index (χ1n) is 12.5. The van der Waals surface area contributed by atoms with E-state index in [0.29, 0.717) is 84.8 Å². The molecular weight excluding hydrogens is 521 g/mol. The van der Waals surface area contributed by atoms with Crippen molar-refractivity contribution in [1.29, 1.82) is 0 Å². The number of nitrogens with zero attached hydrogens (tertiary/aromatic N) is 3. The number of hydrogen-bond donors (Lipinski definition) is 1. The number of aromatic amines is 1. The maximum Gasteiger partial charge on any atom is 0.416 e. The molecule has 1 N–H and O–H groups in total. The molecule has 3 heterocycles. The summed E-state index contributed by atoms with van der Waals surface area (Å²) in [7, 11) is 0. The fraction of sp³-hybridized carbons (Fsp3) is 0.423. The lowest BCUT2D eigenvalue weighted by molar-refractivity contribution is -0.137. The molecule has 0 unspecified atom stereocenters. The summed E-state index contributed by atoms with van der Waals surface area (Å²) in [6.07, 6.45) is -1.90. The van der Waals surface area contributed by atoms with Gasteiger partial charge in [-0.2, -0.15) is 13.2 Å². The molecule has 1 fully saturated rings. The van der Waals surface area contributed by atoms with Crippen LogP contribution in [0, 0.1) is 4.77 Å². The number of aromatic nitrogens is 2. The highest BCUT2D eigenvalue weighted by Gasteiger charge is 2.31. The van der Waals surface area contributed by atoms with Gasteiger partial charge in [-0.05, 0) is 49.3 Å². The third-order valence-electron chi connectivity index (χ3n) is 6.92. The molecule has 0 bridgehead atoms. The molecule has 12 heteroatoms. The van der Waals surface area contributed by atoms with Gasteiger partial charge >= 0.3 is 6.18 Å². The Labute approximate surface area is 221 Å². The number of ether oxygens (including phenoxy) is 2. The van der Waals surface area contributed by atoms with E-state index in [4.69, 9.17) is 21.7 Å². The van der Waals surface area contributed by atoms with Crippen LogP contribution in [0.3, 0.4) is 0 Å². The molecule has 202 valence electrons. The highest BCUT2D eigenvalue weighted by molar-refractivity contribution is 7.71. The molecule has 8 nitrogen and oxygen atoms in total. The predicted octanol–water partition coefficient (Wildman–Crippen LogP) is 4.72. The smallest absolute Gasteiger partial charge is 0.416 e. The van der Waals surface area contributed by atoms with Gasteiger partial charge in [-0.3, -0.25) is 14.2 Å². The number of nitrogens with one attached hydrogen (secondary N) is 1. The summed E-state index contributed by atoms with van der Waals surface area (Å²) in [6.45, 7) is 2.45. The lowest BCUT2D eigenvalue weighted by Crippen LogP contribution is -2.48. The van der Waals surface area contributed by atoms with E-state index in [-0.39, 0.29) is 18.3 Å². The Morgan fingerprint density at radius 1 is 1.00 bits per heavy atom. The Bertz CT molecular complexity index is 1460. The van der Waals surface area contributed by atoms with Crippen LogP contribution in [0.1, 0.15) is 31.2 Å². The zero-order chi connectivity index (χ0) is 26.9. The first-order valence-corrected chi connectivity index (χ1v) is 12.9. The van der Waals surface area contributed by atoms with Crippen molar-refractivity contribution in [2.75, 3.05) is 37.9 Å². The zero-order valence-electron chi connectivity index (χ0n) is 20.6. The predicted molar refractivity (Wildman–Crippen MR) is 138 cm³/mol. The van der Waals surface area contributed by atoms with Gasteiger partial charge < -0.3 is 24.3 Å². The van der Waals surface area contributed by atoms with Crippen LogP contribution < -0.4 is 19.9 Å². The third kappa shape index (κ3) is 5.50. The molecule has 0 atom stereocenters. The number of carbonyl (C=O) groups excluding carboxylic acids is 1. The van der Waals surface area contributed by atoms with Gasteiger partial charge in [0.2, 0.25) is 12.7 Å². The van der Waals surface area contributed by atoms with Crippen molar-refractivity contribution < 1.29 is 27.4 Å². The third-order valence-corrected chi connectivity index (χ3v) is 7.24. The van der Waals surface area contributed by atoms with Crippen LogP contribution >= 0.6 is 12.2 Å². The molecule has 0 spiro atoms. The summed E-state index contributed by atoms with van der Waals surface area (Å²) in [6, 6.07) is 8.65. The van der Waals surface area contributed by atoms with Crippen molar-refractivity contribution in [2.24, 2.45) is 0 Å². The summed E-state index contributed by atoms with van der Waals surface area (Å²) in [5.74, 6) is 1.13. The molecule has 1 amide bonds. The summed E-state index contributed by atoms with van der Waals surface area (Å²) >= 11 is 5.38. The summed E-state index contributed by atoms with van der Waals surface area (Å²) in [5.41, 5.74) is 0.239. The van der Waals surface area contributed by atoms with Gasteiger partial charge in [0.1, 0.15) is 0 Å². The molecular formula is C26H27F3N4O4S. The Hall–Kier alpha value is -3.54. The number of anilines is 1. The van der Waals surface area contributed by atoms with Gasteiger partial charge in [0, 0.05) is 50.9 Å². The van der Waals surface area contributed by atoms with Crippen LogP contribution in [0.15, 0.2) is 41.2 Å². The first kappa shape index (κ1) is 26.1. The number of H-pyrrole nitrogens is 1. The zero-order valence-corrected chi connectivity index (χ0v) is 21.4. The minimum absolute atomic E-state index is 0.0323. The molecule has 2 aromatic carbocycles. The molecule has 38 heavy (non-hydrogen) atoms. The molecule has 2 aliphatic rings. The minimum Gasteiger partial charge on any atom is -0.454 e. The maximum atomic E-state index is 13.0. The molecule has 2 aliphatic heterocycles. The number of unbranched alkanes of at least 4 members (excludes halogenated alkanes) is 2. The van der Waals surface area contributed by atoms with Crippen LogP contribution in [0.25, 0.3) is 10.9 Å². The van der Waals surface area contributed by atoms with E-state index >= 15 is 0 Å². The number of carbonyl (C=O) groups is 1. The van der Waals surface area contributed by atoms with Gasteiger partial charge in [-0.1, -0.05) is 12.5 Å². The van der Waals surface area contributed by atoms with Gasteiger partial charge in [0.05, 0.1) is 16.5 Å². The van der Waals surface area contributed by atoms with E-state index < -0.39 is 11.7 Å². The van der Waals surface area contributed by atoms with Crippen molar-refractivity contribution in [3.8, 4) is 11.5 Å². The Morgan fingerprint density at radius 3 is 2.47 bits per heavy atom. The molecule has 1 saturated heterocycles. The second kappa shape index (κ2) is 10.7. The average Bonchev–Trinajstić information content (AvgIpc) is 3.36. The minimum atomic E-state index is -4.38. The lowest BCUT2D eigenvalue weighted by atomic mass is 10.1. The number of amides is 1. The summed E-state index contributed by atoms with van der Waals surface area (Å²) in [5, 5.41) is 0.474. The van der Waals surface area contributed by atoms with Gasteiger partial charge in [0.25, 0.3) is 5.56 Å².